The van der Waals surface area contributed by atoms with E-state index >= 15 is 0 Å². The summed E-state index contributed by atoms with van der Waals surface area (Å²) in [7, 11) is 0. The van der Waals surface area contributed by atoms with Crippen LogP contribution in [0.2, 0.25) is 0 Å². The minimum Gasteiger partial charge on any atom is -0.369 e. The van der Waals surface area contributed by atoms with Gasteiger partial charge >= 0.3 is 6.18 Å². The van der Waals surface area contributed by atoms with Crippen LogP contribution >= 0.6 is 0 Å². The van der Waals surface area contributed by atoms with Gasteiger partial charge in [-0.05, 0) is 18.4 Å². The summed E-state index contributed by atoms with van der Waals surface area (Å²) in [6.45, 7) is 0. The van der Waals surface area contributed by atoms with E-state index in [0.29, 0.717) is 18.4 Å². The maximum Gasteiger partial charge on any atom is 0.451 e. The zero-order chi connectivity index (χ0) is 14.8. The molecule has 109 valence electrons. The highest BCUT2D eigenvalue weighted by molar-refractivity contribution is 5.83. The van der Waals surface area contributed by atoms with Crippen molar-refractivity contribution >= 4 is 5.91 Å². The van der Waals surface area contributed by atoms with E-state index in [0.717, 1.165) is 31.7 Å². The van der Waals surface area contributed by atoms with Gasteiger partial charge < -0.3 is 5.73 Å². The standard InChI is InChI=1S/C13H15F3N3O/c14-13(15,16)11-18-7-9(8-19-11)6-12(10(17)20)4-2-1-3-5-12/h6-8H,1-5H2,(H2,17,20). The number of alkyl halides is 3. The predicted molar refractivity (Wildman–Crippen MR) is 65.1 cm³/mol. The summed E-state index contributed by atoms with van der Waals surface area (Å²) in [5.74, 6) is -1.64. The number of carbonyl (C=O) groups excluding carboxylic acids is 1. The lowest BCUT2D eigenvalue weighted by Crippen LogP contribution is -2.39. The van der Waals surface area contributed by atoms with Gasteiger partial charge in [0.05, 0.1) is 5.41 Å². The second-order valence-corrected chi connectivity index (χ2v) is 5.06. The van der Waals surface area contributed by atoms with Crippen molar-refractivity contribution < 1.29 is 18.0 Å². The molecule has 2 rings (SSSR count). The fraction of sp³-hybridized carbons (Fsp3) is 0.538. The van der Waals surface area contributed by atoms with Crippen LogP contribution in [-0.2, 0) is 11.0 Å². The monoisotopic (exact) mass is 286 g/mol. The van der Waals surface area contributed by atoms with Crippen molar-refractivity contribution in [2.75, 3.05) is 0 Å². The molecule has 1 amide bonds. The SMILES string of the molecule is NC(=O)C1([CH]c2cnc(C(F)(F)F)nc2)CCCCC1. The molecule has 0 atom stereocenters. The van der Waals surface area contributed by atoms with E-state index in [1.807, 2.05) is 0 Å². The molecule has 0 aliphatic heterocycles. The van der Waals surface area contributed by atoms with Gasteiger partial charge in [0.2, 0.25) is 11.7 Å². The molecular weight excluding hydrogens is 271 g/mol. The van der Waals surface area contributed by atoms with Gasteiger partial charge in [0.15, 0.2) is 0 Å². The van der Waals surface area contributed by atoms with Crippen LogP contribution in [0.5, 0.6) is 0 Å². The number of nitrogens with zero attached hydrogens (tertiary/aromatic N) is 2. The number of aromatic nitrogens is 2. The molecule has 0 spiro atoms. The summed E-state index contributed by atoms with van der Waals surface area (Å²) in [6.07, 6.45) is 3.21. The lowest BCUT2D eigenvalue weighted by atomic mass is 9.70. The maximum absolute atomic E-state index is 12.4. The van der Waals surface area contributed by atoms with Crippen molar-refractivity contribution in [3.05, 3.63) is 30.2 Å². The fourth-order valence-corrected chi connectivity index (χ4v) is 2.52. The van der Waals surface area contributed by atoms with Crippen LogP contribution in [0.1, 0.15) is 43.5 Å². The number of rotatable bonds is 3. The Hall–Kier alpha value is -1.66. The maximum atomic E-state index is 12.4. The number of primary amides is 1. The molecule has 1 aromatic rings. The average Bonchev–Trinajstić information content (AvgIpc) is 2.39. The van der Waals surface area contributed by atoms with Gasteiger partial charge in [-0.15, -0.1) is 0 Å². The molecule has 1 radical (unpaired) electrons. The molecule has 0 aromatic carbocycles. The van der Waals surface area contributed by atoms with E-state index in [-0.39, 0.29) is 0 Å². The Kier molecular flexibility index (Phi) is 3.96. The van der Waals surface area contributed by atoms with Gasteiger partial charge in [-0.2, -0.15) is 13.2 Å². The number of carbonyl (C=O) groups is 1. The minimum atomic E-state index is -4.56. The van der Waals surface area contributed by atoms with E-state index in [1.165, 1.54) is 0 Å². The van der Waals surface area contributed by atoms with Crippen LogP contribution in [0.3, 0.4) is 0 Å². The molecule has 4 nitrogen and oxygen atoms in total. The van der Waals surface area contributed by atoms with Crippen LogP contribution < -0.4 is 5.73 Å². The normalized spacial score (nSPS) is 18.8. The molecule has 1 fully saturated rings. The van der Waals surface area contributed by atoms with Gasteiger partial charge in [-0.25, -0.2) is 9.97 Å². The summed E-state index contributed by atoms with van der Waals surface area (Å²) in [4.78, 5) is 18.2. The van der Waals surface area contributed by atoms with Crippen LogP contribution in [-0.4, -0.2) is 15.9 Å². The molecule has 20 heavy (non-hydrogen) atoms. The number of hydrogen-bond donors (Lipinski definition) is 1. The molecule has 2 N–H and O–H groups in total. The largest absolute Gasteiger partial charge is 0.451 e. The van der Waals surface area contributed by atoms with Gasteiger partial charge in [-0.3, -0.25) is 4.79 Å². The fourth-order valence-electron chi connectivity index (χ4n) is 2.52. The van der Waals surface area contributed by atoms with E-state index in [2.05, 4.69) is 9.97 Å². The molecule has 1 saturated carbocycles. The van der Waals surface area contributed by atoms with Crippen LogP contribution in [0, 0.1) is 11.8 Å². The lowest BCUT2D eigenvalue weighted by molar-refractivity contribution is -0.145. The molecule has 1 aliphatic rings. The van der Waals surface area contributed by atoms with Crippen molar-refractivity contribution in [2.45, 2.75) is 38.3 Å². The molecule has 1 aliphatic carbocycles. The molecule has 1 heterocycles. The van der Waals surface area contributed by atoms with Crippen molar-refractivity contribution in [3.8, 4) is 0 Å². The minimum absolute atomic E-state index is 0.388. The van der Waals surface area contributed by atoms with E-state index in [4.69, 9.17) is 5.73 Å². The quantitative estimate of drug-likeness (QED) is 0.928. The van der Waals surface area contributed by atoms with Crippen LogP contribution in [0.4, 0.5) is 13.2 Å². The number of amides is 1. The molecule has 0 bridgehead atoms. The second-order valence-electron chi connectivity index (χ2n) is 5.06. The molecule has 0 saturated heterocycles. The Morgan fingerprint density at radius 1 is 1.20 bits per heavy atom. The average molecular weight is 286 g/mol. The Labute approximate surface area is 114 Å². The number of halogens is 3. The van der Waals surface area contributed by atoms with Crippen molar-refractivity contribution in [1.82, 2.24) is 9.97 Å². The Bertz CT molecular complexity index is 479. The van der Waals surface area contributed by atoms with Crippen molar-refractivity contribution in [3.63, 3.8) is 0 Å². The third-order valence-electron chi connectivity index (χ3n) is 3.60. The first-order valence-electron chi connectivity index (χ1n) is 6.39. The van der Waals surface area contributed by atoms with Gasteiger partial charge in [0, 0.05) is 18.8 Å². The Balaban J connectivity index is 2.17. The third kappa shape index (κ3) is 3.08. The van der Waals surface area contributed by atoms with Crippen molar-refractivity contribution in [2.24, 2.45) is 11.1 Å². The number of nitrogens with two attached hydrogens (primary N) is 1. The van der Waals surface area contributed by atoms with E-state index in [9.17, 15) is 18.0 Å². The number of hydrogen-bond acceptors (Lipinski definition) is 3. The summed E-state index contributed by atoms with van der Waals surface area (Å²) >= 11 is 0. The van der Waals surface area contributed by atoms with Crippen LogP contribution in [0.25, 0.3) is 0 Å². The van der Waals surface area contributed by atoms with Gasteiger partial charge in [0.25, 0.3) is 0 Å². The highest BCUT2D eigenvalue weighted by Crippen LogP contribution is 2.40. The molecular formula is C13H15F3N3O. The first-order valence-corrected chi connectivity index (χ1v) is 6.39. The molecule has 0 unspecified atom stereocenters. The van der Waals surface area contributed by atoms with Gasteiger partial charge in [0.1, 0.15) is 0 Å². The lowest BCUT2D eigenvalue weighted by Gasteiger charge is -2.33. The van der Waals surface area contributed by atoms with E-state index in [1.54, 1.807) is 6.42 Å². The predicted octanol–water partition coefficient (Wildman–Crippen LogP) is 2.48. The first kappa shape index (κ1) is 14.7. The highest BCUT2D eigenvalue weighted by atomic mass is 19.4. The second kappa shape index (κ2) is 5.38. The molecule has 1 aromatic heterocycles. The zero-order valence-corrected chi connectivity index (χ0v) is 10.8. The highest BCUT2D eigenvalue weighted by Gasteiger charge is 2.39. The van der Waals surface area contributed by atoms with Gasteiger partial charge in [-0.1, -0.05) is 19.3 Å². The third-order valence-corrected chi connectivity index (χ3v) is 3.60. The Morgan fingerprint density at radius 3 is 2.20 bits per heavy atom. The van der Waals surface area contributed by atoms with Crippen molar-refractivity contribution in [1.29, 1.82) is 0 Å². The summed E-state index contributed by atoms with van der Waals surface area (Å²) in [5, 5.41) is 0. The topological polar surface area (TPSA) is 68.9 Å². The van der Waals surface area contributed by atoms with Crippen LogP contribution in [0.15, 0.2) is 12.4 Å². The summed E-state index contributed by atoms with van der Waals surface area (Å²) in [6, 6.07) is 0. The first-order chi connectivity index (χ1) is 9.33. The summed E-state index contributed by atoms with van der Waals surface area (Å²) in [5.41, 5.74) is 5.06. The Morgan fingerprint density at radius 2 is 1.75 bits per heavy atom. The molecule has 7 heteroatoms. The van der Waals surface area contributed by atoms with E-state index < -0.39 is 23.3 Å². The zero-order valence-electron chi connectivity index (χ0n) is 10.8. The smallest absolute Gasteiger partial charge is 0.369 e. The summed E-state index contributed by atoms with van der Waals surface area (Å²) < 4.78 is 37.1.